The second kappa shape index (κ2) is 11.2. The number of benzene rings is 3. The van der Waals surface area contributed by atoms with Gasteiger partial charge in [0.05, 0.1) is 19.6 Å². The fraction of sp³-hybridized carbons (Fsp3) is 0.214. The first-order valence-corrected chi connectivity index (χ1v) is 11.4. The summed E-state index contributed by atoms with van der Waals surface area (Å²) in [6.07, 6.45) is 0.909. The van der Waals surface area contributed by atoms with Crippen LogP contribution in [0.4, 0.5) is 0 Å². The Kier molecular flexibility index (Phi) is 7.61. The van der Waals surface area contributed by atoms with Gasteiger partial charge in [-0.3, -0.25) is 0 Å². The standard InChI is InChI=1S/C28H26N2O6/c1-3-14-33-19-10-8-18(9-11-19)27-21-13-12-20(15-25(21)36-28(30)22(27)16-29)35-26(31)17-34-24-7-5-4-6-23(24)32-2/h4-13,15,27H,3,14,17,30H2,1-2H3. The molecule has 3 aromatic carbocycles. The second-order valence-electron chi connectivity index (χ2n) is 7.96. The Bertz CT molecular complexity index is 1310. The Morgan fingerprint density at radius 1 is 1.03 bits per heavy atom. The van der Waals surface area contributed by atoms with E-state index in [4.69, 9.17) is 29.4 Å². The zero-order valence-corrected chi connectivity index (χ0v) is 20.0. The van der Waals surface area contributed by atoms with Crippen LogP contribution in [0.1, 0.15) is 30.4 Å². The molecule has 0 bridgehead atoms. The Morgan fingerprint density at radius 2 is 1.75 bits per heavy atom. The van der Waals surface area contributed by atoms with Crippen molar-refractivity contribution in [1.82, 2.24) is 0 Å². The molecule has 8 nitrogen and oxygen atoms in total. The van der Waals surface area contributed by atoms with E-state index in [-0.39, 0.29) is 18.2 Å². The molecule has 1 aliphatic heterocycles. The number of nitrogens with two attached hydrogens (primary N) is 1. The molecule has 1 unspecified atom stereocenters. The quantitative estimate of drug-likeness (QED) is 0.342. The van der Waals surface area contributed by atoms with E-state index >= 15 is 0 Å². The highest BCUT2D eigenvalue weighted by molar-refractivity contribution is 5.74. The van der Waals surface area contributed by atoms with Crippen LogP contribution in [0.3, 0.4) is 0 Å². The number of carbonyl (C=O) groups excluding carboxylic acids is 1. The number of nitrogens with zero attached hydrogens (tertiary/aromatic N) is 1. The van der Waals surface area contributed by atoms with Crippen molar-refractivity contribution in [2.45, 2.75) is 19.3 Å². The average Bonchev–Trinajstić information content (AvgIpc) is 2.90. The van der Waals surface area contributed by atoms with Gasteiger partial charge in [-0.1, -0.05) is 37.3 Å². The number of para-hydroxylation sites is 2. The van der Waals surface area contributed by atoms with Gasteiger partial charge in [-0.15, -0.1) is 0 Å². The predicted octanol–water partition coefficient (Wildman–Crippen LogP) is 4.69. The first-order chi connectivity index (χ1) is 17.5. The van der Waals surface area contributed by atoms with Crippen molar-refractivity contribution in [3.8, 4) is 34.8 Å². The number of hydrogen-bond acceptors (Lipinski definition) is 8. The number of nitriles is 1. The lowest BCUT2D eigenvalue weighted by Crippen LogP contribution is -2.21. The van der Waals surface area contributed by atoms with Crippen LogP contribution in [0.25, 0.3) is 0 Å². The Hall–Kier alpha value is -4.64. The van der Waals surface area contributed by atoms with E-state index in [2.05, 4.69) is 6.07 Å². The van der Waals surface area contributed by atoms with Gasteiger partial charge >= 0.3 is 5.97 Å². The van der Waals surface area contributed by atoms with Crippen LogP contribution in [0.15, 0.2) is 78.2 Å². The molecule has 0 saturated carbocycles. The van der Waals surface area contributed by atoms with Gasteiger partial charge < -0.3 is 29.4 Å². The molecule has 0 aliphatic carbocycles. The van der Waals surface area contributed by atoms with Crippen LogP contribution < -0.4 is 29.4 Å². The molecule has 0 aromatic heterocycles. The molecule has 184 valence electrons. The highest BCUT2D eigenvalue weighted by Crippen LogP contribution is 2.43. The van der Waals surface area contributed by atoms with Gasteiger partial charge in [0, 0.05) is 11.6 Å². The van der Waals surface area contributed by atoms with Crippen molar-refractivity contribution in [3.63, 3.8) is 0 Å². The zero-order chi connectivity index (χ0) is 25.5. The monoisotopic (exact) mass is 486 g/mol. The van der Waals surface area contributed by atoms with Gasteiger partial charge in [-0.2, -0.15) is 5.26 Å². The minimum atomic E-state index is -0.600. The highest BCUT2D eigenvalue weighted by Gasteiger charge is 2.31. The summed E-state index contributed by atoms with van der Waals surface area (Å²) in [5, 5.41) is 9.77. The highest BCUT2D eigenvalue weighted by atomic mass is 16.6. The third-order valence-corrected chi connectivity index (χ3v) is 5.52. The van der Waals surface area contributed by atoms with Crippen molar-refractivity contribution in [1.29, 1.82) is 5.26 Å². The summed E-state index contributed by atoms with van der Waals surface area (Å²) >= 11 is 0. The van der Waals surface area contributed by atoms with E-state index in [1.807, 2.05) is 31.2 Å². The number of hydrogen-bond donors (Lipinski definition) is 1. The van der Waals surface area contributed by atoms with Crippen molar-refractivity contribution >= 4 is 5.97 Å². The van der Waals surface area contributed by atoms with Gasteiger partial charge in [0.2, 0.25) is 5.88 Å². The molecule has 36 heavy (non-hydrogen) atoms. The lowest BCUT2D eigenvalue weighted by atomic mass is 9.83. The SMILES string of the molecule is CCCOc1ccc(C2C(C#N)=C(N)Oc3cc(OC(=O)COc4ccccc4OC)ccc32)cc1. The number of rotatable bonds is 9. The molecular weight excluding hydrogens is 460 g/mol. The molecule has 0 amide bonds. The summed E-state index contributed by atoms with van der Waals surface area (Å²) in [6, 6.07) is 21.7. The minimum absolute atomic E-state index is 0.00397. The normalized spacial score (nSPS) is 14.2. The molecule has 4 rings (SSSR count). The van der Waals surface area contributed by atoms with Gasteiger partial charge in [-0.05, 0) is 42.3 Å². The maximum absolute atomic E-state index is 12.4. The van der Waals surface area contributed by atoms with Crippen molar-refractivity contribution in [3.05, 3.63) is 89.3 Å². The lowest BCUT2D eigenvalue weighted by Gasteiger charge is -2.26. The maximum Gasteiger partial charge on any atom is 0.349 e. The van der Waals surface area contributed by atoms with Gasteiger partial charge in [0.1, 0.15) is 28.9 Å². The Morgan fingerprint density at radius 3 is 2.44 bits per heavy atom. The Labute approximate surface area is 209 Å². The minimum Gasteiger partial charge on any atom is -0.494 e. The predicted molar refractivity (Wildman–Crippen MR) is 132 cm³/mol. The molecule has 0 fully saturated rings. The third-order valence-electron chi connectivity index (χ3n) is 5.52. The molecule has 0 spiro atoms. The maximum atomic E-state index is 12.4. The summed E-state index contributed by atoms with van der Waals surface area (Å²) in [5.74, 6) is 1.33. The van der Waals surface area contributed by atoms with Crippen LogP contribution in [-0.2, 0) is 4.79 Å². The molecule has 0 radical (unpaired) electrons. The summed E-state index contributed by atoms with van der Waals surface area (Å²) in [6.45, 7) is 2.36. The van der Waals surface area contributed by atoms with E-state index in [1.165, 1.54) is 7.11 Å². The molecular formula is C28H26N2O6. The first kappa shape index (κ1) is 24.5. The largest absolute Gasteiger partial charge is 0.494 e. The topological polar surface area (TPSA) is 113 Å². The van der Waals surface area contributed by atoms with Crippen molar-refractivity contribution in [2.24, 2.45) is 5.73 Å². The lowest BCUT2D eigenvalue weighted by molar-refractivity contribution is -0.136. The van der Waals surface area contributed by atoms with E-state index in [9.17, 15) is 10.1 Å². The molecule has 1 aliphatic rings. The van der Waals surface area contributed by atoms with Crippen LogP contribution in [-0.4, -0.2) is 26.3 Å². The number of ether oxygens (including phenoxy) is 5. The van der Waals surface area contributed by atoms with Gasteiger partial charge in [0.25, 0.3) is 0 Å². The first-order valence-electron chi connectivity index (χ1n) is 11.4. The molecule has 0 saturated heterocycles. The number of esters is 1. The van der Waals surface area contributed by atoms with E-state index in [0.29, 0.717) is 29.4 Å². The number of allylic oxidation sites excluding steroid dienone is 1. The van der Waals surface area contributed by atoms with Gasteiger partial charge in [-0.25, -0.2) is 4.79 Å². The molecule has 2 N–H and O–H groups in total. The molecule has 1 heterocycles. The Balaban J connectivity index is 1.52. The fourth-order valence-electron chi connectivity index (χ4n) is 3.85. The second-order valence-corrected chi connectivity index (χ2v) is 7.96. The summed E-state index contributed by atoms with van der Waals surface area (Å²) < 4.78 is 27.6. The van der Waals surface area contributed by atoms with Crippen LogP contribution in [0.2, 0.25) is 0 Å². The van der Waals surface area contributed by atoms with Crippen molar-refractivity contribution < 1.29 is 28.5 Å². The van der Waals surface area contributed by atoms with Crippen LogP contribution in [0, 0.1) is 11.3 Å². The van der Waals surface area contributed by atoms with E-state index in [0.717, 1.165) is 23.3 Å². The zero-order valence-electron chi connectivity index (χ0n) is 20.0. The number of methoxy groups -OCH3 is 1. The number of carbonyl (C=O) groups is 1. The average molecular weight is 487 g/mol. The van der Waals surface area contributed by atoms with Gasteiger partial charge in [0.15, 0.2) is 18.1 Å². The smallest absolute Gasteiger partial charge is 0.349 e. The molecule has 1 atom stereocenters. The van der Waals surface area contributed by atoms with Crippen LogP contribution in [0.5, 0.6) is 28.7 Å². The fourth-order valence-corrected chi connectivity index (χ4v) is 3.85. The van der Waals surface area contributed by atoms with Crippen molar-refractivity contribution in [2.75, 3.05) is 20.3 Å². The van der Waals surface area contributed by atoms with E-state index < -0.39 is 11.9 Å². The van der Waals surface area contributed by atoms with Crippen LogP contribution >= 0.6 is 0 Å². The van der Waals surface area contributed by atoms with E-state index in [1.54, 1.807) is 42.5 Å². The summed E-state index contributed by atoms with van der Waals surface area (Å²) in [7, 11) is 1.52. The summed E-state index contributed by atoms with van der Waals surface area (Å²) in [4.78, 5) is 12.4. The molecule has 8 heteroatoms. The molecule has 3 aromatic rings. The summed E-state index contributed by atoms with van der Waals surface area (Å²) in [5.41, 5.74) is 7.98. The number of fused-ring (bicyclic) bond motifs is 1. The third kappa shape index (κ3) is 5.36.